The summed E-state index contributed by atoms with van der Waals surface area (Å²) in [7, 11) is 0. The molecule has 198 valence electrons. The predicted octanol–water partition coefficient (Wildman–Crippen LogP) is 7.30. The average molecular weight is 552 g/mol. The lowest BCUT2D eigenvalue weighted by molar-refractivity contribution is -0.128. The number of hydrogen-bond donors (Lipinski definition) is 1. The number of nitrogens with one attached hydrogen (secondary N) is 1. The molecule has 1 aliphatic heterocycles. The monoisotopic (exact) mass is 551 g/mol. The Morgan fingerprint density at radius 1 is 1.05 bits per heavy atom. The van der Waals surface area contributed by atoms with E-state index in [0.717, 1.165) is 39.3 Å². The summed E-state index contributed by atoms with van der Waals surface area (Å²) >= 11 is 1.56. The fraction of sp³-hybridized carbons (Fsp3) is 0.133. The van der Waals surface area contributed by atoms with Crippen LogP contribution in [0.2, 0.25) is 0 Å². The Balaban J connectivity index is 1.11. The smallest absolute Gasteiger partial charge is 0.300 e. The molecule has 6 aromatic rings. The predicted molar refractivity (Wildman–Crippen MR) is 151 cm³/mol. The van der Waals surface area contributed by atoms with Gasteiger partial charge in [-0.1, -0.05) is 12.1 Å². The minimum absolute atomic E-state index is 0.205. The van der Waals surface area contributed by atoms with Gasteiger partial charge in [0.15, 0.2) is 5.58 Å². The minimum atomic E-state index is -0.347. The maximum absolute atomic E-state index is 13.5. The zero-order valence-corrected chi connectivity index (χ0v) is 22.0. The van der Waals surface area contributed by atoms with E-state index in [0.29, 0.717) is 41.3 Å². The normalized spacial score (nSPS) is 13.4. The van der Waals surface area contributed by atoms with Crippen LogP contribution in [0.25, 0.3) is 31.9 Å². The molecule has 1 fully saturated rings. The average Bonchev–Trinajstić information content (AvgIpc) is 3.67. The van der Waals surface area contributed by atoms with Crippen LogP contribution in [-0.4, -0.2) is 32.3 Å². The Labute approximate surface area is 232 Å². The molecule has 1 amide bonds. The third kappa shape index (κ3) is 4.85. The topological polar surface area (TPSA) is 93.4 Å². The van der Waals surface area contributed by atoms with E-state index in [9.17, 15) is 9.18 Å². The van der Waals surface area contributed by atoms with Crippen molar-refractivity contribution in [3.8, 4) is 22.1 Å². The molecule has 4 aromatic heterocycles. The molecule has 0 spiro atoms. The highest BCUT2D eigenvalue weighted by atomic mass is 32.1. The Morgan fingerprint density at radius 2 is 2.00 bits per heavy atom. The number of thiophene rings is 1. The summed E-state index contributed by atoms with van der Waals surface area (Å²) in [5, 5.41) is 2.98. The number of fused-ring (bicyclic) bond motifs is 2. The third-order valence-electron chi connectivity index (χ3n) is 6.66. The van der Waals surface area contributed by atoms with Gasteiger partial charge >= 0.3 is 0 Å². The van der Waals surface area contributed by atoms with Gasteiger partial charge in [-0.15, -0.1) is 11.3 Å². The second kappa shape index (κ2) is 10.0. The number of carbonyl (C=O) groups is 1. The largest absolute Gasteiger partial charge is 0.456 e. The highest BCUT2D eigenvalue weighted by molar-refractivity contribution is 7.22. The van der Waals surface area contributed by atoms with Crippen LogP contribution in [0.5, 0.6) is 11.5 Å². The second-order valence-electron chi connectivity index (χ2n) is 9.49. The van der Waals surface area contributed by atoms with Crippen LogP contribution >= 0.6 is 11.3 Å². The van der Waals surface area contributed by atoms with Gasteiger partial charge in [0.1, 0.15) is 22.8 Å². The molecular formula is C30H22FN5O3S. The summed E-state index contributed by atoms with van der Waals surface area (Å²) in [6.07, 6.45) is 5.10. The van der Waals surface area contributed by atoms with Crippen LogP contribution in [0.1, 0.15) is 18.4 Å². The number of nitrogens with zero attached hydrogens (tertiary/aromatic N) is 4. The molecule has 0 radical (unpaired) electrons. The molecule has 0 atom stereocenters. The molecule has 5 heterocycles. The lowest BCUT2D eigenvalue weighted by Crippen LogP contribution is -2.23. The van der Waals surface area contributed by atoms with Gasteiger partial charge in [0.05, 0.1) is 20.8 Å². The summed E-state index contributed by atoms with van der Waals surface area (Å²) < 4.78 is 26.4. The first-order chi connectivity index (χ1) is 19.6. The summed E-state index contributed by atoms with van der Waals surface area (Å²) in [6, 6.07) is 19.6. The second-order valence-corrected chi connectivity index (χ2v) is 10.5. The van der Waals surface area contributed by atoms with Gasteiger partial charge in [0, 0.05) is 49.7 Å². The number of hydrogen-bond acceptors (Lipinski definition) is 8. The van der Waals surface area contributed by atoms with Crippen LogP contribution in [0.15, 0.2) is 83.5 Å². The van der Waals surface area contributed by atoms with E-state index in [1.165, 1.54) is 12.1 Å². The van der Waals surface area contributed by atoms with Gasteiger partial charge in [-0.3, -0.25) is 14.8 Å². The zero-order valence-electron chi connectivity index (χ0n) is 21.1. The minimum Gasteiger partial charge on any atom is -0.456 e. The molecule has 10 heteroatoms. The van der Waals surface area contributed by atoms with E-state index in [1.807, 2.05) is 41.4 Å². The van der Waals surface area contributed by atoms with Crippen LogP contribution in [-0.2, 0) is 11.3 Å². The molecule has 0 saturated carbocycles. The molecule has 1 aliphatic rings. The number of ether oxygens (including phenoxy) is 1. The molecule has 40 heavy (non-hydrogen) atoms. The molecular weight excluding hydrogens is 529 g/mol. The number of amides is 1. The number of halogens is 1. The van der Waals surface area contributed by atoms with Crippen molar-refractivity contribution in [3.05, 3.63) is 90.5 Å². The van der Waals surface area contributed by atoms with Crippen molar-refractivity contribution in [2.45, 2.75) is 19.4 Å². The first-order valence-corrected chi connectivity index (χ1v) is 13.6. The number of rotatable bonds is 7. The van der Waals surface area contributed by atoms with Crippen molar-refractivity contribution >= 4 is 50.3 Å². The first-order valence-electron chi connectivity index (χ1n) is 12.8. The molecule has 1 saturated heterocycles. The number of aromatic nitrogens is 3. The highest BCUT2D eigenvalue weighted by Crippen LogP contribution is 2.39. The lowest BCUT2D eigenvalue weighted by atomic mass is 10.2. The van der Waals surface area contributed by atoms with Gasteiger partial charge in [-0.2, -0.15) is 4.98 Å². The van der Waals surface area contributed by atoms with Crippen molar-refractivity contribution in [2.24, 2.45) is 0 Å². The molecule has 0 unspecified atom stereocenters. The lowest BCUT2D eigenvalue weighted by Gasteiger charge is -2.15. The molecule has 7 rings (SSSR count). The van der Waals surface area contributed by atoms with Crippen molar-refractivity contribution in [3.63, 3.8) is 0 Å². The summed E-state index contributed by atoms with van der Waals surface area (Å²) in [4.78, 5) is 28.4. The first kappa shape index (κ1) is 24.2. The number of likely N-dealkylation sites (tertiary alicyclic amines) is 1. The molecule has 8 nitrogen and oxygen atoms in total. The Morgan fingerprint density at radius 3 is 2.83 bits per heavy atom. The zero-order chi connectivity index (χ0) is 27.1. The van der Waals surface area contributed by atoms with E-state index in [2.05, 4.69) is 20.3 Å². The van der Waals surface area contributed by atoms with Gasteiger partial charge in [-0.25, -0.2) is 4.39 Å². The molecule has 0 aliphatic carbocycles. The van der Waals surface area contributed by atoms with E-state index in [4.69, 9.17) is 9.15 Å². The number of carbonyl (C=O) groups excluding carboxylic acids is 1. The van der Waals surface area contributed by atoms with Crippen LogP contribution in [0, 0.1) is 5.82 Å². The summed E-state index contributed by atoms with van der Waals surface area (Å²) in [6.45, 7) is 1.40. The quantitative estimate of drug-likeness (QED) is 0.223. The van der Waals surface area contributed by atoms with Crippen LogP contribution in [0.4, 0.5) is 16.1 Å². The van der Waals surface area contributed by atoms with Gasteiger partial charge in [-0.05, 0) is 54.4 Å². The van der Waals surface area contributed by atoms with Crippen LogP contribution < -0.4 is 10.1 Å². The summed E-state index contributed by atoms with van der Waals surface area (Å²) in [5.41, 5.74) is 4.39. The van der Waals surface area contributed by atoms with Crippen molar-refractivity contribution in [1.82, 2.24) is 19.9 Å². The van der Waals surface area contributed by atoms with E-state index in [1.54, 1.807) is 41.8 Å². The third-order valence-corrected chi connectivity index (χ3v) is 7.82. The molecule has 1 N–H and O–H groups in total. The van der Waals surface area contributed by atoms with E-state index >= 15 is 0 Å². The molecule has 0 bridgehead atoms. The van der Waals surface area contributed by atoms with E-state index < -0.39 is 0 Å². The maximum Gasteiger partial charge on any atom is 0.300 e. The number of pyridine rings is 2. The number of benzene rings is 2. The van der Waals surface area contributed by atoms with Crippen LogP contribution in [0.3, 0.4) is 0 Å². The number of anilines is 2. The number of oxazole rings is 1. The highest BCUT2D eigenvalue weighted by Gasteiger charge is 2.20. The SMILES string of the molecule is O=C1CCCN1Cc1ccc(-c2cc3nccc(Oc4ccc5oc(Nc6cccc(F)c6)nc5c4)c3s2)nc1. The fourth-order valence-electron chi connectivity index (χ4n) is 4.72. The van der Waals surface area contributed by atoms with Gasteiger partial charge in [0.2, 0.25) is 5.91 Å². The Hall–Kier alpha value is -4.83. The Kier molecular flexibility index (Phi) is 6.09. The van der Waals surface area contributed by atoms with Gasteiger partial charge in [0.25, 0.3) is 6.01 Å². The maximum atomic E-state index is 13.5. The van der Waals surface area contributed by atoms with Crippen molar-refractivity contribution in [1.29, 1.82) is 0 Å². The van der Waals surface area contributed by atoms with Crippen molar-refractivity contribution < 1.29 is 18.3 Å². The standard InChI is InChI=1S/C30H22FN5O3S/c31-19-3-1-4-20(13-19)34-30-35-23-14-21(7-9-25(23)39-30)38-26-10-11-32-24-15-27(40-29(24)26)22-8-6-18(16-33-22)17-36-12-2-5-28(36)37/h1,3-4,6-11,13-16H,2,5,12,17H2,(H,34,35). The van der Waals surface area contributed by atoms with Gasteiger partial charge < -0.3 is 19.4 Å². The summed E-state index contributed by atoms with van der Waals surface area (Å²) in [5.74, 6) is 1.13. The van der Waals surface area contributed by atoms with E-state index in [-0.39, 0.29) is 17.7 Å². The van der Waals surface area contributed by atoms with Crippen molar-refractivity contribution in [2.75, 3.05) is 11.9 Å². The fourth-order valence-corrected chi connectivity index (χ4v) is 5.76. The Bertz CT molecular complexity index is 1870. The molecule has 2 aromatic carbocycles.